The number of benzene rings is 1. The Bertz CT molecular complexity index is 515. The van der Waals surface area contributed by atoms with E-state index < -0.39 is 0 Å². The van der Waals surface area contributed by atoms with E-state index in [1.807, 2.05) is 26.0 Å². The maximum atomic E-state index is 11.2. The molecule has 1 heterocycles. The van der Waals surface area contributed by atoms with Crippen molar-refractivity contribution in [1.29, 1.82) is 0 Å². The average molecular weight is 204 g/mol. The van der Waals surface area contributed by atoms with Crippen molar-refractivity contribution >= 4 is 16.6 Å². The number of pyridine rings is 1. The molecule has 0 atom stereocenters. The van der Waals surface area contributed by atoms with Crippen LogP contribution in [0.25, 0.3) is 10.9 Å². The van der Waals surface area contributed by atoms with Crippen molar-refractivity contribution in [2.45, 2.75) is 13.8 Å². The first-order valence-electron chi connectivity index (χ1n) is 5.04. The predicted molar refractivity (Wildman–Crippen MR) is 64.9 cm³/mol. The number of fused-ring (bicyclic) bond motifs is 1. The van der Waals surface area contributed by atoms with Gasteiger partial charge < -0.3 is 10.3 Å². The zero-order valence-corrected chi connectivity index (χ0v) is 9.32. The zero-order chi connectivity index (χ0) is 11.4. The van der Waals surface area contributed by atoms with E-state index >= 15 is 0 Å². The van der Waals surface area contributed by atoms with E-state index in [-0.39, 0.29) is 5.56 Å². The summed E-state index contributed by atoms with van der Waals surface area (Å²) >= 11 is 0. The molecule has 2 N–H and O–H groups in total. The van der Waals surface area contributed by atoms with E-state index in [1.165, 1.54) is 0 Å². The Labute approximate surface area is 89.1 Å². The molecule has 0 aliphatic heterocycles. The number of aryl methyl sites for hydroxylation is 1. The van der Waals surface area contributed by atoms with Crippen molar-refractivity contribution in [3.05, 3.63) is 40.7 Å². The van der Waals surface area contributed by atoms with Gasteiger partial charge in [0.1, 0.15) is 0 Å². The third-order valence-electron chi connectivity index (χ3n) is 2.15. The first kappa shape index (κ1) is 11.3. The molecule has 0 saturated heterocycles. The SMILES string of the molecule is CC.Cn1c(=O)ccc2cc(N)ccc21. The molecule has 0 bridgehead atoms. The second kappa shape index (κ2) is 4.64. The molecule has 1 aromatic heterocycles. The molecule has 3 heteroatoms. The number of rotatable bonds is 0. The molecule has 0 unspecified atom stereocenters. The number of hydrogen-bond acceptors (Lipinski definition) is 2. The van der Waals surface area contributed by atoms with Crippen molar-refractivity contribution in [1.82, 2.24) is 4.57 Å². The van der Waals surface area contributed by atoms with Crippen LogP contribution in [0.5, 0.6) is 0 Å². The van der Waals surface area contributed by atoms with Gasteiger partial charge in [0.25, 0.3) is 5.56 Å². The number of anilines is 1. The van der Waals surface area contributed by atoms with E-state index in [2.05, 4.69) is 0 Å². The molecule has 80 valence electrons. The number of hydrogen-bond donors (Lipinski definition) is 1. The highest BCUT2D eigenvalue weighted by atomic mass is 16.1. The Morgan fingerprint density at radius 3 is 2.47 bits per heavy atom. The van der Waals surface area contributed by atoms with Crippen LogP contribution in [0.1, 0.15) is 13.8 Å². The highest BCUT2D eigenvalue weighted by molar-refractivity contribution is 5.82. The lowest BCUT2D eigenvalue weighted by molar-refractivity contribution is 0.906. The lowest BCUT2D eigenvalue weighted by Gasteiger charge is -2.03. The Hall–Kier alpha value is -1.77. The van der Waals surface area contributed by atoms with E-state index in [0.29, 0.717) is 5.69 Å². The fourth-order valence-corrected chi connectivity index (χ4v) is 1.40. The third kappa shape index (κ3) is 2.18. The van der Waals surface area contributed by atoms with Crippen LogP contribution in [0.3, 0.4) is 0 Å². The minimum absolute atomic E-state index is 0.00253. The predicted octanol–water partition coefficient (Wildman–Crippen LogP) is 2.15. The minimum atomic E-state index is -0.00253. The second-order valence-electron chi connectivity index (χ2n) is 3.05. The Kier molecular flexibility index (Phi) is 3.50. The smallest absolute Gasteiger partial charge is 0.250 e. The normalized spacial score (nSPS) is 9.53. The van der Waals surface area contributed by atoms with Crippen LogP contribution in [-0.4, -0.2) is 4.57 Å². The summed E-state index contributed by atoms with van der Waals surface area (Å²) in [6.45, 7) is 4.00. The molecule has 2 rings (SSSR count). The van der Waals surface area contributed by atoms with Gasteiger partial charge in [-0.2, -0.15) is 0 Å². The van der Waals surface area contributed by atoms with Crippen LogP contribution in [0.4, 0.5) is 5.69 Å². The largest absolute Gasteiger partial charge is 0.399 e. The van der Waals surface area contributed by atoms with Crippen molar-refractivity contribution in [3.8, 4) is 0 Å². The van der Waals surface area contributed by atoms with Crippen molar-refractivity contribution in [3.63, 3.8) is 0 Å². The standard InChI is InChI=1S/C10H10N2O.C2H6/c1-12-9-4-3-8(11)6-7(9)2-5-10(12)13;1-2/h2-6H,11H2,1H3;1-2H3. The molecular formula is C12H16N2O. The summed E-state index contributed by atoms with van der Waals surface area (Å²) in [7, 11) is 1.75. The van der Waals surface area contributed by atoms with Crippen LogP contribution in [0, 0.1) is 0 Å². The summed E-state index contributed by atoms with van der Waals surface area (Å²) in [5.41, 5.74) is 7.24. The Morgan fingerprint density at radius 2 is 1.80 bits per heavy atom. The molecule has 3 nitrogen and oxygen atoms in total. The lowest BCUT2D eigenvalue weighted by atomic mass is 10.2. The fraction of sp³-hybridized carbons (Fsp3) is 0.250. The quantitative estimate of drug-likeness (QED) is 0.668. The molecule has 0 aliphatic carbocycles. The van der Waals surface area contributed by atoms with Gasteiger partial charge >= 0.3 is 0 Å². The van der Waals surface area contributed by atoms with Crippen LogP contribution in [-0.2, 0) is 7.05 Å². The summed E-state index contributed by atoms with van der Waals surface area (Å²) in [5.74, 6) is 0. The van der Waals surface area contributed by atoms with Gasteiger partial charge in [-0.05, 0) is 24.3 Å². The maximum absolute atomic E-state index is 11.2. The molecule has 2 aromatic rings. The first-order chi connectivity index (χ1) is 7.18. The second-order valence-corrected chi connectivity index (χ2v) is 3.05. The van der Waals surface area contributed by atoms with Gasteiger partial charge in [0.05, 0.1) is 5.52 Å². The van der Waals surface area contributed by atoms with Gasteiger partial charge in [-0.15, -0.1) is 0 Å². The third-order valence-corrected chi connectivity index (χ3v) is 2.15. The molecular weight excluding hydrogens is 188 g/mol. The summed E-state index contributed by atoms with van der Waals surface area (Å²) in [6, 6.07) is 8.83. The molecule has 0 amide bonds. The highest BCUT2D eigenvalue weighted by Gasteiger charge is 1.97. The van der Waals surface area contributed by atoms with Crippen LogP contribution in [0.15, 0.2) is 35.1 Å². The molecule has 0 spiro atoms. The van der Waals surface area contributed by atoms with Crippen LogP contribution >= 0.6 is 0 Å². The Balaban J connectivity index is 0.000000531. The number of nitrogens with two attached hydrogens (primary N) is 1. The van der Waals surface area contributed by atoms with Gasteiger partial charge in [0, 0.05) is 24.2 Å². The topological polar surface area (TPSA) is 48.0 Å². The molecule has 0 radical (unpaired) electrons. The van der Waals surface area contributed by atoms with Crippen molar-refractivity contribution < 1.29 is 0 Å². The monoisotopic (exact) mass is 204 g/mol. The van der Waals surface area contributed by atoms with E-state index in [4.69, 9.17) is 5.73 Å². The Morgan fingerprint density at radius 1 is 1.13 bits per heavy atom. The molecule has 0 aliphatic rings. The number of nitrogens with zero attached hydrogens (tertiary/aromatic N) is 1. The first-order valence-corrected chi connectivity index (χ1v) is 5.04. The number of nitrogen functional groups attached to an aromatic ring is 1. The van der Waals surface area contributed by atoms with Crippen molar-refractivity contribution in [2.24, 2.45) is 7.05 Å². The molecule has 0 saturated carbocycles. The van der Waals surface area contributed by atoms with Crippen LogP contribution < -0.4 is 11.3 Å². The average Bonchev–Trinajstić information content (AvgIpc) is 2.26. The summed E-state index contributed by atoms with van der Waals surface area (Å²) in [6.07, 6.45) is 0. The number of aromatic nitrogens is 1. The summed E-state index contributed by atoms with van der Waals surface area (Å²) in [4.78, 5) is 11.2. The van der Waals surface area contributed by atoms with Gasteiger partial charge in [-0.3, -0.25) is 4.79 Å². The summed E-state index contributed by atoms with van der Waals surface area (Å²) < 4.78 is 1.61. The van der Waals surface area contributed by atoms with Gasteiger partial charge in [-0.1, -0.05) is 13.8 Å². The zero-order valence-electron chi connectivity index (χ0n) is 9.32. The molecule has 1 aromatic carbocycles. The van der Waals surface area contributed by atoms with E-state index in [9.17, 15) is 4.79 Å². The lowest BCUT2D eigenvalue weighted by Crippen LogP contribution is -2.14. The van der Waals surface area contributed by atoms with E-state index in [0.717, 1.165) is 10.9 Å². The maximum Gasteiger partial charge on any atom is 0.250 e. The van der Waals surface area contributed by atoms with Gasteiger partial charge in [-0.25, -0.2) is 0 Å². The summed E-state index contributed by atoms with van der Waals surface area (Å²) in [5, 5.41) is 0.988. The van der Waals surface area contributed by atoms with Crippen molar-refractivity contribution in [2.75, 3.05) is 5.73 Å². The highest BCUT2D eigenvalue weighted by Crippen LogP contribution is 2.14. The fourth-order valence-electron chi connectivity index (χ4n) is 1.40. The van der Waals surface area contributed by atoms with Crippen LogP contribution in [0.2, 0.25) is 0 Å². The van der Waals surface area contributed by atoms with Gasteiger partial charge in [0.2, 0.25) is 0 Å². The van der Waals surface area contributed by atoms with E-state index in [1.54, 1.807) is 29.8 Å². The van der Waals surface area contributed by atoms with Gasteiger partial charge in [0.15, 0.2) is 0 Å². The minimum Gasteiger partial charge on any atom is -0.399 e. The molecule has 15 heavy (non-hydrogen) atoms. The molecule has 0 fully saturated rings.